The Morgan fingerprint density at radius 3 is 2.88 bits per heavy atom. The molecule has 1 aliphatic rings. The molecule has 0 aliphatic carbocycles. The highest BCUT2D eigenvalue weighted by Crippen LogP contribution is 2.32. The van der Waals surface area contributed by atoms with Gasteiger partial charge in [-0.3, -0.25) is 19.5 Å². The third-order valence-corrected chi connectivity index (χ3v) is 4.59. The lowest BCUT2D eigenvalue weighted by Gasteiger charge is -2.25. The zero-order valence-corrected chi connectivity index (χ0v) is 14.3. The number of rotatable bonds is 2. The second-order valence-electron chi connectivity index (χ2n) is 5.68. The molecule has 0 bridgehead atoms. The molecule has 0 radical (unpaired) electrons. The summed E-state index contributed by atoms with van der Waals surface area (Å²) in [6.07, 6.45) is 0.0113. The van der Waals surface area contributed by atoms with Gasteiger partial charge in [0.15, 0.2) is 0 Å². The van der Waals surface area contributed by atoms with Gasteiger partial charge in [-0.05, 0) is 30.3 Å². The minimum absolute atomic E-state index is 0.0113. The highest BCUT2D eigenvalue weighted by molar-refractivity contribution is 6.35. The van der Waals surface area contributed by atoms with E-state index >= 15 is 0 Å². The second-order valence-corrected chi connectivity index (χ2v) is 6.52. The largest absolute Gasteiger partial charge is 0.323 e. The van der Waals surface area contributed by atoms with Crippen LogP contribution >= 0.6 is 23.2 Å². The Labute approximate surface area is 152 Å². The fourth-order valence-corrected chi connectivity index (χ4v) is 3.25. The van der Waals surface area contributed by atoms with Crippen LogP contribution in [-0.4, -0.2) is 21.4 Å². The summed E-state index contributed by atoms with van der Waals surface area (Å²) in [6, 6.07) is 11.5. The number of para-hydroxylation sites is 2. The van der Waals surface area contributed by atoms with E-state index in [9.17, 15) is 9.59 Å². The van der Waals surface area contributed by atoms with Crippen LogP contribution in [0.5, 0.6) is 0 Å². The van der Waals surface area contributed by atoms with Crippen molar-refractivity contribution < 1.29 is 9.59 Å². The predicted octanol–water partition coefficient (Wildman–Crippen LogP) is 3.87. The van der Waals surface area contributed by atoms with Gasteiger partial charge in [0.1, 0.15) is 6.04 Å². The molecule has 2 heterocycles. The number of benzene rings is 2. The molecule has 0 fully saturated rings. The van der Waals surface area contributed by atoms with Gasteiger partial charge in [-0.2, -0.15) is 0 Å². The van der Waals surface area contributed by atoms with E-state index in [1.165, 1.54) is 0 Å². The third-order valence-electron chi connectivity index (χ3n) is 4.03. The first-order chi connectivity index (χ1) is 12.0. The van der Waals surface area contributed by atoms with Crippen molar-refractivity contribution in [2.24, 2.45) is 0 Å². The molecule has 0 saturated carbocycles. The fourth-order valence-electron chi connectivity index (χ4n) is 2.91. The van der Waals surface area contributed by atoms with Crippen LogP contribution in [-0.2, 0) is 9.59 Å². The lowest BCUT2D eigenvalue weighted by atomic mass is 10.1. The van der Waals surface area contributed by atoms with Crippen molar-refractivity contribution in [2.75, 3.05) is 10.6 Å². The van der Waals surface area contributed by atoms with Crippen molar-refractivity contribution in [3.05, 3.63) is 52.5 Å². The van der Waals surface area contributed by atoms with Gasteiger partial charge in [-0.1, -0.05) is 35.3 Å². The van der Waals surface area contributed by atoms with Gasteiger partial charge >= 0.3 is 0 Å². The van der Waals surface area contributed by atoms with E-state index in [1.54, 1.807) is 22.8 Å². The van der Waals surface area contributed by atoms with Gasteiger partial charge in [0, 0.05) is 5.02 Å². The Morgan fingerprint density at radius 1 is 1.24 bits per heavy atom. The van der Waals surface area contributed by atoms with E-state index in [0.29, 0.717) is 27.2 Å². The number of imidazole rings is 1. The molecule has 0 spiro atoms. The molecule has 1 atom stereocenters. The van der Waals surface area contributed by atoms with Crippen LogP contribution < -0.4 is 10.6 Å². The summed E-state index contributed by atoms with van der Waals surface area (Å²) in [4.78, 5) is 29.2. The van der Waals surface area contributed by atoms with Crippen LogP contribution in [0.4, 0.5) is 11.6 Å². The summed E-state index contributed by atoms with van der Waals surface area (Å²) >= 11 is 12.1. The highest BCUT2D eigenvalue weighted by atomic mass is 35.5. The average Bonchev–Trinajstić information content (AvgIpc) is 2.95. The maximum absolute atomic E-state index is 12.8. The maximum Gasteiger partial charge on any atom is 0.248 e. The van der Waals surface area contributed by atoms with Gasteiger partial charge in [0.05, 0.1) is 28.2 Å². The molecule has 4 rings (SSSR count). The fraction of sp³-hybridized carbons (Fsp3) is 0.118. The molecule has 8 heteroatoms. The van der Waals surface area contributed by atoms with Crippen molar-refractivity contribution in [1.82, 2.24) is 9.55 Å². The average molecular weight is 375 g/mol. The number of nitrogens with zero attached hydrogens (tertiary/aromatic N) is 2. The molecule has 126 valence electrons. The van der Waals surface area contributed by atoms with Crippen LogP contribution in [0.3, 0.4) is 0 Å². The first kappa shape index (κ1) is 15.9. The Hall–Kier alpha value is -2.57. The number of carbonyl (C=O) groups excluding carboxylic acids is 2. The topological polar surface area (TPSA) is 76.0 Å². The molecule has 1 aromatic heterocycles. The summed E-state index contributed by atoms with van der Waals surface area (Å²) < 4.78 is 1.73. The highest BCUT2D eigenvalue weighted by Gasteiger charge is 2.33. The lowest BCUT2D eigenvalue weighted by Crippen LogP contribution is -2.35. The zero-order chi connectivity index (χ0) is 17.6. The van der Waals surface area contributed by atoms with Crippen LogP contribution in [0.25, 0.3) is 11.0 Å². The third kappa shape index (κ3) is 2.83. The van der Waals surface area contributed by atoms with Crippen LogP contribution in [0.1, 0.15) is 12.5 Å². The van der Waals surface area contributed by atoms with Gasteiger partial charge in [-0.15, -0.1) is 0 Å². The van der Waals surface area contributed by atoms with Crippen molar-refractivity contribution in [1.29, 1.82) is 0 Å². The Balaban J connectivity index is 1.74. The number of fused-ring (bicyclic) bond motifs is 3. The molecule has 1 aliphatic heterocycles. The molecule has 0 saturated heterocycles. The Kier molecular flexibility index (Phi) is 3.86. The number of halogens is 2. The molecular weight excluding hydrogens is 363 g/mol. The molecule has 25 heavy (non-hydrogen) atoms. The summed E-state index contributed by atoms with van der Waals surface area (Å²) in [6.45, 7) is 0. The molecule has 6 nitrogen and oxygen atoms in total. The number of aromatic nitrogens is 2. The standard InChI is InChI=1S/C17H12Cl2N4O2/c18-9-5-6-10(19)12(7-9)20-16(25)14-8-15(24)22-17-21-11-3-1-2-4-13(11)23(14)17/h1-7,14H,8H2,(H,20,25)(H,21,22,24)/t14-/m0/s1. The summed E-state index contributed by atoms with van der Waals surface area (Å²) in [7, 11) is 0. The van der Waals surface area contributed by atoms with E-state index in [2.05, 4.69) is 15.6 Å². The first-order valence-corrected chi connectivity index (χ1v) is 8.31. The second kappa shape index (κ2) is 6.06. The number of hydrogen-bond donors (Lipinski definition) is 2. The van der Waals surface area contributed by atoms with Gasteiger partial charge in [0.2, 0.25) is 17.8 Å². The quantitative estimate of drug-likeness (QED) is 0.714. The van der Waals surface area contributed by atoms with Crippen molar-refractivity contribution in [2.45, 2.75) is 12.5 Å². The van der Waals surface area contributed by atoms with Crippen molar-refractivity contribution >= 4 is 57.7 Å². The number of hydrogen-bond acceptors (Lipinski definition) is 3. The van der Waals surface area contributed by atoms with Crippen molar-refractivity contribution in [3.63, 3.8) is 0 Å². The van der Waals surface area contributed by atoms with E-state index in [0.717, 1.165) is 5.52 Å². The molecule has 2 aromatic carbocycles. The van der Waals surface area contributed by atoms with Crippen LogP contribution in [0, 0.1) is 0 Å². The molecule has 0 unspecified atom stereocenters. The first-order valence-electron chi connectivity index (χ1n) is 7.55. The SMILES string of the molecule is O=C1C[C@@H](C(=O)Nc2cc(Cl)ccc2Cl)n2c(nc3ccccc32)N1. The summed E-state index contributed by atoms with van der Waals surface area (Å²) in [5, 5.41) is 6.28. The molecule has 3 aromatic rings. The predicted molar refractivity (Wildman–Crippen MR) is 97.1 cm³/mol. The summed E-state index contributed by atoms with van der Waals surface area (Å²) in [5.41, 5.74) is 1.88. The Bertz CT molecular complexity index is 1020. The monoisotopic (exact) mass is 374 g/mol. The molecule has 2 amide bonds. The normalized spacial score (nSPS) is 16.4. The maximum atomic E-state index is 12.8. The van der Waals surface area contributed by atoms with Crippen LogP contribution in [0.2, 0.25) is 10.0 Å². The van der Waals surface area contributed by atoms with E-state index in [4.69, 9.17) is 23.2 Å². The number of amides is 2. The van der Waals surface area contributed by atoms with Crippen LogP contribution in [0.15, 0.2) is 42.5 Å². The number of anilines is 2. The van der Waals surface area contributed by atoms with E-state index < -0.39 is 6.04 Å². The van der Waals surface area contributed by atoms with Gasteiger partial charge in [-0.25, -0.2) is 4.98 Å². The van der Waals surface area contributed by atoms with Gasteiger partial charge in [0.25, 0.3) is 0 Å². The van der Waals surface area contributed by atoms with E-state index in [-0.39, 0.29) is 18.2 Å². The molecule has 2 N–H and O–H groups in total. The number of nitrogens with one attached hydrogen (secondary N) is 2. The van der Waals surface area contributed by atoms with E-state index in [1.807, 2.05) is 24.3 Å². The molecular formula is C17H12Cl2N4O2. The smallest absolute Gasteiger partial charge is 0.248 e. The number of carbonyl (C=O) groups is 2. The lowest BCUT2D eigenvalue weighted by molar-refractivity contribution is -0.124. The summed E-state index contributed by atoms with van der Waals surface area (Å²) in [5.74, 6) is -0.265. The Morgan fingerprint density at radius 2 is 2.04 bits per heavy atom. The van der Waals surface area contributed by atoms with Gasteiger partial charge < -0.3 is 5.32 Å². The minimum Gasteiger partial charge on any atom is -0.323 e. The zero-order valence-electron chi connectivity index (χ0n) is 12.8. The minimum atomic E-state index is -0.730. The van der Waals surface area contributed by atoms with Crippen molar-refractivity contribution in [3.8, 4) is 0 Å².